The van der Waals surface area contributed by atoms with Crippen molar-refractivity contribution in [1.29, 1.82) is 0 Å². The zero-order valence-corrected chi connectivity index (χ0v) is 13.1. The first kappa shape index (κ1) is 15.3. The fraction of sp³-hybridized carbons (Fsp3) is 0.188. The molecule has 0 aliphatic carbocycles. The van der Waals surface area contributed by atoms with Crippen molar-refractivity contribution in [2.45, 2.75) is 25.7 Å². The van der Waals surface area contributed by atoms with Crippen molar-refractivity contribution in [2.75, 3.05) is 0 Å². The number of benzene rings is 2. The van der Waals surface area contributed by atoms with Gasteiger partial charge in [-0.25, -0.2) is 0 Å². The van der Waals surface area contributed by atoms with Crippen molar-refractivity contribution in [3.63, 3.8) is 0 Å². The second-order valence-corrected chi connectivity index (χ2v) is 6.64. The Kier molecular flexibility index (Phi) is 4.43. The summed E-state index contributed by atoms with van der Waals surface area (Å²) in [6, 6.07) is 14.4. The van der Waals surface area contributed by atoms with E-state index in [9.17, 15) is 8.42 Å². The number of hydrogen-bond acceptors (Lipinski definition) is 3. The summed E-state index contributed by atoms with van der Waals surface area (Å²) in [5.74, 6) is 0. The average Bonchev–Trinajstić information content (AvgIpc) is 2.45. The maximum absolute atomic E-state index is 12.1. The monoisotopic (exact) mass is 302 g/mol. The SMILES string of the molecule is CC(=NNS(=O)(=O)c1ccc(C)cc1)c1cccc(C)c1. The lowest BCUT2D eigenvalue weighted by atomic mass is 10.1. The van der Waals surface area contributed by atoms with Crippen LogP contribution in [0, 0.1) is 13.8 Å². The molecule has 0 unspecified atom stereocenters. The first-order chi connectivity index (χ1) is 9.88. The molecule has 1 N–H and O–H groups in total. The lowest BCUT2D eigenvalue weighted by Crippen LogP contribution is -2.20. The molecule has 110 valence electrons. The van der Waals surface area contributed by atoms with Gasteiger partial charge in [-0.15, -0.1) is 0 Å². The maximum atomic E-state index is 12.1. The van der Waals surface area contributed by atoms with E-state index in [0.717, 1.165) is 16.7 Å². The number of aryl methyl sites for hydroxylation is 2. The van der Waals surface area contributed by atoms with Crippen LogP contribution in [0.1, 0.15) is 23.6 Å². The molecule has 0 amide bonds. The Morgan fingerprint density at radius 3 is 2.29 bits per heavy atom. The van der Waals surface area contributed by atoms with Crippen LogP contribution in [0.15, 0.2) is 58.5 Å². The highest BCUT2D eigenvalue weighted by Crippen LogP contribution is 2.10. The highest BCUT2D eigenvalue weighted by atomic mass is 32.2. The van der Waals surface area contributed by atoms with Gasteiger partial charge in [0.05, 0.1) is 10.6 Å². The first-order valence-corrected chi connectivity index (χ1v) is 8.06. The van der Waals surface area contributed by atoms with Crippen LogP contribution < -0.4 is 4.83 Å². The molecule has 0 aliphatic rings. The van der Waals surface area contributed by atoms with E-state index in [4.69, 9.17) is 0 Å². The quantitative estimate of drug-likeness (QED) is 0.697. The zero-order valence-electron chi connectivity index (χ0n) is 12.3. The molecule has 2 rings (SSSR count). The Morgan fingerprint density at radius 1 is 1.00 bits per heavy atom. The molecule has 0 fully saturated rings. The van der Waals surface area contributed by atoms with Crippen molar-refractivity contribution < 1.29 is 8.42 Å². The van der Waals surface area contributed by atoms with E-state index in [1.165, 1.54) is 0 Å². The minimum atomic E-state index is -3.63. The number of hydrazone groups is 1. The van der Waals surface area contributed by atoms with Crippen LogP contribution in [0.2, 0.25) is 0 Å². The van der Waals surface area contributed by atoms with Gasteiger partial charge in [-0.1, -0.05) is 47.5 Å². The van der Waals surface area contributed by atoms with Gasteiger partial charge in [-0.05, 0) is 38.5 Å². The van der Waals surface area contributed by atoms with Crippen LogP contribution in [0.25, 0.3) is 0 Å². The topological polar surface area (TPSA) is 58.5 Å². The molecule has 0 aliphatic heterocycles. The number of rotatable bonds is 4. The molecule has 2 aromatic rings. The van der Waals surface area contributed by atoms with Gasteiger partial charge in [0.2, 0.25) is 0 Å². The minimum Gasteiger partial charge on any atom is -0.200 e. The first-order valence-electron chi connectivity index (χ1n) is 6.58. The molecule has 0 aromatic heterocycles. The third-order valence-corrected chi connectivity index (χ3v) is 4.33. The minimum absolute atomic E-state index is 0.203. The molecule has 0 saturated carbocycles. The Labute approximate surface area is 125 Å². The Balaban J connectivity index is 2.21. The van der Waals surface area contributed by atoms with E-state index in [2.05, 4.69) is 9.93 Å². The summed E-state index contributed by atoms with van der Waals surface area (Å²) < 4.78 is 24.3. The van der Waals surface area contributed by atoms with Crippen molar-refractivity contribution in [2.24, 2.45) is 5.10 Å². The third kappa shape index (κ3) is 3.92. The zero-order chi connectivity index (χ0) is 15.5. The van der Waals surface area contributed by atoms with E-state index >= 15 is 0 Å². The molecule has 0 saturated heterocycles. The van der Waals surface area contributed by atoms with Crippen molar-refractivity contribution in [3.05, 3.63) is 65.2 Å². The van der Waals surface area contributed by atoms with Gasteiger partial charge >= 0.3 is 0 Å². The predicted octanol–water partition coefficient (Wildman–Crippen LogP) is 3.01. The van der Waals surface area contributed by atoms with E-state index in [1.54, 1.807) is 31.2 Å². The summed E-state index contributed by atoms with van der Waals surface area (Å²) >= 11 is 0. The second-order valence-electron chi connectivity index (χ2n) is 4.97. The normalized spacial score (nSPS) is 12.2. The third-order valence-electron chi connectivity index (χ3n) is 3.10. The van der Waals surface area contributed by atoms with Gasteiger partial charge in [0, 0.05) is 0 Å². The fourth-order valence-electron chi connectivity index (χ4n) is 1.83. The van der Waals surface area contributed by atoms with Crippen LogP contribution in [0.3, 0.4) is 0 Å². The van der Waals surface area contributed by atoms with Crippen molar-refractivity contribution in [3.8, 4) is 0 Å². The van der Waals surface area contributed by atoms with Gasteiger partial charge in [0.1, 0.15) is 0 Å². The smallest absolute Gasteiger partial charge is 0.200 e. The van der Waals surface area contributed by atoms with E-state index in [0.29, 0.717) is 5.71 Å². The molecule has 0 spiro atoms. The van der Waals surface area contributed by atoms with Gasteiger partial charge in [0.15, 0.2) is 0 Å². The summed E-state index contributed by atoms with van der Waals surface area (Å²) in [4.78, 5) is 2.48. The summed E-state index contributed by atoms with van der Waals surface area (Å²) in [5.41, 5.74) is 3.62. The molecule has 0 radical (unpaired) electrons. The number of sulfonamides is 1. The number of nitrogens with zero attached hydrogens (tertiary/aromatic N) is 1. The maximum Gasteiger partial charge on any atom is 0.276 e. The average molecular weight is 302 g/mol. The van der Waals surface area contributed by atoms with Gasteiger partial charge < -0.3 is 0 Å². The standard InChI is InChI=1S/C16H18N2O2S/c1-12-7-9-16(10-8-12)21(19,20)18-17-14(3)15-6-4-5-13(2)11-15/h4-11,18H,1-3H3. The highest BCUT2D eigenvalue weighted by Gasteiger charge is 2.12. The van der Waals surface area contributed by atoms with Crippen molar-refractivity contribution >= 4 is 15.7 Å². The molecular formula is C16H18N2O2S. The molecule has 0 atom stereocenters. The molecule has 2 aromatic carbocycles. The number of hydrogen-bond donors (Lipinski definition) is 1. The Morgan fingerprint density at radius 2 is 1.67 bits per heavy atom. The summed E-state index contributed by atoms with van der Waals surface area (Å²) in [6.07, 6.45) is 0. The van der Waals surface area contributed by atoms with Crippen LogP contribution in [0.5, 0.6) is 0 Å². The fourth-order valence-corrected chi connectivity index (χ4v) is 2.69. The Bertz CT molecular complexity index is 763. The molecule has 5 heteroatoms. The molecule has 0 heterocycles. The largest absolute Gasteiger partial charge is 0.276 e. The number of nitrogens with one attached hydrogen (secondary N) is 1. The van der Waals surface area contributed by atoms with Crippen LogP contribution in [0.4, 0.5) is 0 Å². The van der Waals surface area contributed by atoms with Crippen LogP contribution in [-0.2, 0) is 10.0 Å². The summed E-state index contributed by atoms with van der Waals surface area (Å²) in [7, 11) is -3.63. The highest BCUT2D eigenvalue weighted by molar-refractivity contribution is 7.89. The predicted molar refractivity (Wildman–Crippen MR) is 84.9 cm³/mol. The summed E-state index contributed by atoms with van der Waals surface area (Å²) in [6.45, 7) is 5.66. The molecule has 21 heavy (non-hydrogen) atoms. The van der Waals surface area contributed by atoms with Gasteiger partial charge in [0.25, 0.3) is 10.0 Å². The molecule has 4 nitrogen and oxygen atoms in total. The summed E-state index contributed by atoms with van der Waals surface area (Å²) in [5, 5.41) is 3.98. The van der Waals surface area contributed by atoms with Gasteiger partial charge in [-0.3, -0.25) is 0 Å². The second kappa shape index (κ2) is 6.10. The van der Waals surface area contributed by atoms with E-state index in [-0.39, 0.29) is 4.90 Å². The lowest BCUT2D eigenvalue weighted by Gasteiger charge is -2.06. The molecular weight excluding hydrogens is 284 g/mol. The van der Waals surface area contributed by atoms with E-state index < -0.39 is 10.0 Å². The lowest BCUT2D eigenvalue weighted by molar-refractivity contribution is 0.584. The van der Waals surface area contributed by atoms with Crippen molar-refractivity contribution in [1.82, 2.24) is 4.83 Å². The van der Waals surface area contributed by atoms with Gasteiger partial charge in [-0.2, -0.15) is 18.4 Å². The van der Waals surface area contributed by atoms with Crippen LogP contribution >= 0.6 is 0 Å². The molecule has 0 bridgehead atoms. The Hall–Kier alpha value is -2.14. The van der Waals surface area contributed by atoms with E-state index in [1.807, 2.05) is 38.1 Å². The van der Waals surface area contributed by atoms with Crippen LogP contribution in [-0.4, -0.2) is 14.1 Å².